The van der Waals surface area contributed by atoms with E-state index in [1.165, 1.54) is 5.01 Å². The second-order valence-corrected chi connectivity index (χ2v) is 5.38. The normalized spacial score (nSPS) is 35.9. The molecule has 3 heterocycles. The molecular weight excluding hydrogens is 228 g/mol. The van der Waals surface area contributed by atoms with Crippen LogP contribution in [0.1, 0.15) is 0 Å². The molecule has 3 aliphatic heterocycles. The van der Waals surface area contributed by atoms with E-state index >= 15 is 0 Å². The quantitative estimate of drug-likeness (QED) is 0.585. The molecule has 3 fully saturated rings. The summed E-state index contributed by atoms with van der Waals surface area (Å²) in [6.07, 6.45) is 0. The summed E-state index contributed by atoms with van der Waals surface area (Å²) in [5, 5.41) is 3.23. The highest BCUT2D eigenvalue weighted by Gasteiger charge is 2.52. The Morgan fingerprint density at radius 3 is 2.19 bits per heavy atom. The molecule has 0 unspecified atom stereocenters. The largest absolute Gasteiger partial charge is 0.379 e. The zero-order valence-corrected chi connectivity index (χ0v) is 9.74. The first kappa shape index (κ1) is 10.6. The lowest BCUT2D eigenvalue weighted by Crippen LogP contribution is -2.52. The van der Waals surface area contributed by atoms with E-state index in [2.05, 4.69) is 0 Å². The van der Waals surface area contributed by atoms with Crippen LogP contribution >= 0.6 is 11.8 Å². The molecule has 6 heteroatoms. The summed E-state index contributed by atoms with van der Waals surface area (Å²) in [5.41, 5.74) is 0. The van der Waals surface area contributed by atoms with Crippen molar-refractivity contribution in [2.45, 2.75) is 0 Å². The molecule has 16 heavy (non-hydrogen) atoms. The second-order valence-electron chi connectivity index (χ2n) is 4.30. The number of imide groups is 1. The summed E-state index contributed by atoms with van der Waals surface area (Å²) in [7, 11) is 0. The highest BCUT2D eigenvalue weighted by atomic mass is 32.2. The minimum atomic E-state index is -0.0691. The first-order chi connectivity index (χ1) is 7.79. The number of amides is 2. The highest BCUT2D eigenvalue weighted by molar-refractivity contribution is 7.99. The van der Waals surface area contributed by atoms with E-state index in [9.17, 15) is 9.59 Å². The summed E-state index contributed by atoms with van der Waals surface area (Å²) >= 11 is 1.71. The number of thioether (sulfide) groups is 1. The van der Waals surface area contributed by atoms with Gasteiger partial charge in [-0.3, -0.25) is 9.59 Å². The van der Waals surface area contributed by atoms with Gasteiger partial charge in [0.05, 0.1) is 25.0 Å². The van der Waals surface area contributed by atoms with Crippen molar-refractivity contribution < 1.29 is 14.3 Å². The Balaban J connectivity index is 1.80. The number of carbonyl (C=O) groups is 2. The maximum atomic E-state index is 12.1. The van der Waals surface area contributed by atoms with E-state index in [1.807, 2.05) is 5.01 Å². The number of hydrogen-bond acceptors (Lipinski definition) is 5. The van der Waals surface area contributed by atoms with E-state index in [1.54, 1.807) is 11.8 Å². The Hall–Kier alpha value is -0.590. The Kier molecular flexibility index (Phi) is 2.65. The van der Waals surface area contributed by atoms with E-state index in [0.717, 1.165) is 11.5 Å². The van der Waals surface area contributed by atoms with Gasteiger partial charge in [0.2, 0.25) is 11.8 Å². The van der Waals surface area contributed by atoms with Crippen LogP contribution in [0.2, 0.25) is 0 Å². The molecule has 0 spiro atoms. The van der Waals surface area contributed by atoms with Crippen molar-refractivity contribution in [2.24, 2.45) is 11.8 Å². The second kappa shape index (κ2) is 4.01. The molecule has 0 aromatic heterocycles. The van der Waals surface area contributed by atoms with Crippen molar-refractivity contribution in [3.8, 4) is 0 Å². The van der Waals surface area contributed by atoms with E-state index in [0.29, 0.717) is 26.3 Å². The Morgan fingerprint density at radius 2 is 1.62 bits per heavy atom. The molecule has 0 bridgehead atoms. The summed E-state index contributed by atoms with van der Waals surface area (Å²) in [6, 6.07) is 0. The van der Waals surface area contributed by atoms with Crippen LogP contribution in [0.4, 0.5) is 0 Å². The van der Waals surface area contributed by atoms with Crippen LogP contribution in [-0.4, -0.2) is 59.6 Å². The van der Waals surface area contributed by atoms with Crippen LogP contribution in [0.5, 0.6) is 0 Å². The van der Waals surface area contributed by atoms with Crippen molar-refractivity contribution in [3.05, 3.63) is 0 Å². The number of nitrogens with zero attached hydrogens (tertiary/aromatic N) is 2. The lowest BCUT2D eigenvalue weighted by atomic mass is 10.00. The minimum Gasteiger partial charge on any atom is -0.379 e. The first-order valence-electron chi connectivity index (χ1n) is 5.57. The topological polar surface area (TPSA) is 49.9 Å². The fraction of sp³-hybridized carbons (Fsp3) is 0.800. The third-order valence-electron chi connectivity index (χ3n) is 3.40. The molecule has 0 aliphatic carbocycles. The molecule has 88 valence electrons. The van der Waals surface area contributed by atoms with Crippen LogP contribution in [0.3, 0.4) is 0 Å². The van der Waals surface area contributed by atoms with Gasteiger partial charge in [-0.15, -0.1) is 0 Å². The van der Waals surface area contributed by atoms with Gasteiger partial charge in [-0.25, -0.2) is 10.0 Å². The van der Waals surface area contributed by atoms with Gasteiger partial charge in [-0.05, 0) is 0 Å². The SMILES string of the molecule is O=C1[C@H]2CSC[C@H]2C(=O)N1N1CCOCC1. The maximum Gasteiger partial charge on any atom is 0.248 e. The number of hydrazine groups is 1. The number of hydrogen-bond donors (Lipinski definition) is 0. The zero-order chi connectivity index (χ0) is 11.1. The van der Waals surface area contributed by atoms with Crippen molar-refractivity contribution in [3.63, 3.8) is 0 Å². The smallest absolute Gasteiger partial charge is 0.248 e. The number of morpholine rings is 1. The molecule has 0 radical (unpaired) electrons. The van der Waals surface area contributed by atoms with Crippen molar-refractivity contribution in [1.29, 1.82) is 0 Å². The highest BCUT2D eigenvalue weighted by Crippen LogP contribution is 2.38. The number of carbonyl (C=O) groups excluding carboxylic acids is 2. The van der Waals surface area contributed by atoms with Gasteiger partial charge >= 0.3 is 0 Å². The Morgan fingerprint density at radius 1 is 1.06 bits per heavy atom. The van der Waals surface area contributed by atoms with Crippen LogP contribution in [0.25, 0.3) is 0 Å². The lowest BCUT2D eigenvalue weighted by Gasteiger charge is -2.33. The summed E-state index contributed by atoms with van der Waals surface area (Å²) < 4.78 is 5.23. The maximum absolute atomic E-state index is 12.1. The predicted molar refractivity (Wildman–Crippen MR) is 58.6 cm³/mol. The third-order valence-corrected chi connectivity index (χ3v) is 4.59. The molecule has 0 saturated carbocycles. The van der Waals surface area contributed by atoms with Gasteiger partial charge in [-0.2, -0.15) is 11.8 Å². The third kappa shape index (κ3) is 1.48. The van der Waals surface area contributed by atoms with E-state index < -0.39 is 0 Å². The number of rotatable bonds is 1. The van der Waals surface area contributed by atoms with Gasteiger partial charge in [0.15, 0.2) is 0 Å². The Labute approximate surface area is 98.1 Å². The van der Waals surface area contributed by atoms with Crippen LogP contribution < -0.4 is 0 Å². The van der Waals surface area contributed by atoms with Crippen LogP contribution in [0.15, 0.2) is 0 Å². The summed E-state index contributed by atoms with van der Waals surface area (Å²) in [6.45, 7) is 2.48. The summed E-state index contributed by atoms with van der Waals surface area (Å²) in [4.78, 5) is 24.2. The van der Waals surface area contributed by atoms with Gasteiger partial charge in [-0.1, -0.05) is 0 Å². The molecule has 2 amide bonds. The van der Waals surface area contributed by atoms with Crippen LogP contribution in [0, 0.1) is 11.8 Å². The molecule has 2 atom stereocenters. The van der Waals surface area contributed by atoms with E-state index in [4.69, 9.17) is 4.74 Å². The average Bonchev–Trinajstić information content (AvgIpc) is 2.86. The van der Waals surface area contributed by atoms with Gasteiger partial charge in [0.1, 0.15) is 0 Å². The Bertz CT molecular complexity index is 308. The average molecular weight is 242 g/mol. The molecule has 3 saturated heterocycles. The first-order valence-corrected chi connectivity index (χ1v) is 6.72. The van der Waals surface area contributed by atoms with Gasteiger partial charge in [0, 0.05) is 24.6 Å². The lowest BCUT2D eigenvalue weighted by molar-refractivity contribution is -0.165. The van der Waals surface area contributed by atoms with Crippen LogP contribution in [-0.2, 0) is 14.3 Å². The monoisotopic (exact) mass is 242 g/mol. The molecule has 0 aromatic carbocycles. The van der Waals surface area contributed by atoms with Crippen molar-refractivity contribution in [2.75, 3.05) is 37.8 Å². The molecule has 5 nitrogen and oxygen atoms in total. The summed E-state index contributed by atoms with van der Waals surface area (Å²) in [5.74, 6) is 1.47. The molecular formula is C10H14N2O3S. The minimum absolute atomic E-state index is 0.00176. The fourth-order valence-corrected chi connectivity index (χ4v) is 3.89. The van der Waals surface area contributed by atoms with Crippen molar-refractivity contribution in [1.82, 2.24) is 10.0 Å². The van der Waals surface area contributed by atoms with E-state index in [-0.39, 0.29) is 23.7 Å². The molecule has 3 aliphatic rings. The standard InChI is InChI=1S/C10H14N2O3S/c13-9-7-5-16-6-8(7)10(14)12(9)11-1-3-15-4-2-11/h7-8H,1-6H2/t7-,8+. The molecule has 3 rings (SSSR count). The van der Waals surface area contributed by atoms with Crippen molar-refractivity contribution >= 4 is 23.6 Å². The number of fused-ring (bicyclic) bond motifs is 1. The fourth-order valence-electron chi connectivity index (χ4n) is 2.50. The van der Waals surface area contributed by atoms with Gasteiger partial charge in [0.25, 0.3) is 0 Å². The van der Waals surface area contributed by atoms with Gasteiger partial charge < -0.3 is 4.74 Å². The molecule has 0 N–H and O–H groups in total. The molecule has 0 aromatic rings. The zero-order valence-electron chi connectivity index (χ0n) is 8.92. The predicted octanol–water partition coefficient (Wildman–Crippen LogP) is -0.418. The number of ether oxygens (including phenoxy) is 1.